The van der Waals surface area contributed by atoms with Crippen LogP contribution in [0.25, 0.3) is 0 Å². The Morgan fingerprint density at radius 1 is 1.50 bits per heavy atom. The second-order valence-electron chi connectivity index (χ2n) is 3.78. The first-order valence-corrected chi connectivity index (χ1v) is 5.24. The van der Waals surface area contributed by atoms with Crippen LogP contribution < -0.4 is 11.1 Å². The normalized spacial score (nSPS) is 14.2. The number of amides is 1. The first-order valence-electron chi connectivity index (χ1n) is 5.24. The van der Waals surface area contributed by atoms with Crippen molar-refractivity contribution in [3.63, 3.8) is 0 Å². The number of ether oxygens (including phenoxy) is 1. The molecule has 0 aromatic carbocycles. The topological polar surface area (TPSA) is 102 Å². The lowest BCUT2D eigenvalue weighted by atomic mass is 10.1. The van der Waals surface area contributed by atoms with Crippen molar-refractivity contribution in [3.8, 4) is 0 Å². The van der Waals surface area contributed by atoms with Crippen molar-refractivity contribution in [1.82, 2.24) is 5.32 Å². The Balaban J connectivity index is 3.86. The number of rotatable bonds is 8. The lowest BCUT2D eigenvalue weighted by Crippen LogP contribution is -2.43. The summed E-state index contributed by atoms with van der Waals surface area (Å²) < 4.78 is 4.69. The largest absolute Gasteiger partial charge is 0.480 e. The molecule has 16 heavy (non-hydrogen) atoms. The van der Waals surface area contributed by atoms with Gasteiger partial charge in [0.25, 0.3) is 0 Å². The fourth-order valence-corrected chi connectivity index (χ4v) is 1.19. The number of carbonyl (C=O) groups excluding carboxylic acids is 1. The predicted octanol–water partition coefficient (Wildman–Crippen LogP) is -0.280. The van der Waals surface area contributed by atoms with Crippen LogP contribution in [0.1, 0.15) is 26.2 Å². The van der Waals surface area contributed by atoms with Crippen molar-refractivity contribution in [1.29, 1.82) is 0 Å². The molecule has 1 amide bonds. The van der Waals surface area contributed by atoms with Gasteiger partial charge < -0.3 is 20.9 Å². The highest BCUT2D eigenvalue weighted by atomic mass is 16.5. The van der Waals surface area contributed by atoms with E-state index in [1.54, 1.807) is 0 Å². The molecule has 0 heterocycles. The van der Waals surface area contributed by atoms with E-state index in [1.807, 2.05) is 6.92 Å². The smallest absolute Gasteiger partial charge is 0.328 e. The monoisotopic (exact) mass is 232 g/mol. The van der Waals surface area contributed by atoms with Gasteiger partial charge >= 0.3 is 5.97 Å². The second-order valence-corrected chi connectivity index (χ2v) is 3.78. The van der Waals surface area contributed by atoms with E-state index in [0.29, 0.717) is 6.42 Å². The summed E-state index contributed by atoms with van der Waals surface area (Å²) in [6, 6.07) is -0.921. The fourth-order valence-electron chi connectivity index (χ4n) is 1.19. The first-order chi connectivity index (χ1) is 7.47. The van der Waals surface area contributed by atoms with Crippen molar-refractivity contribution >= 4 is 11.9 Å². The number of hydrogen-bond donors (Lipinski definition) is 3. The van der Waals surface area contributed by atoms with Crippen molar-refractivity contribution in [2.45, 2.75) is 38.3 Å². The number of nitrogens with two attached hydrogens (primary N) is 1. The van der Waals surface area contributed by atoms with Gasteiger partial charge in [0.15, 0.2) is 6.04 Å². The van der Waals surface area contributed by atoms with Gasteiger partial charge in [0.1, 0.15) is 0 Å². The fraction of sp³-hybridized carbons (Fsp3) is 0.800. The molecule has 4 N–H and O–H groups in total. The quantitative estimate of drug-likeness (QED) is 0.534. The molecule has 6 nitrogen and oxygen atoms in total. The standard InChI is InChI=1S/C10H20N2O4/c1-7(11)4-3-5-9(13)12-8(6-16-2)10(14)15/h7-8H,3-6,11H2,1-2H3,(H,12,13)(H,14,15). The summed E-state index contributed by atoms with van der Waals surface area (Å²) in [5, 5.41) is 11.1. The van der Waals surface area contributed by atoms with Gasteiger partial charge in [-0.25, -0.2) is 4.79 Å². The average molecular weight is 232 g/mol. The molecule has 0 saturated carbocycles. The Morgan fingerprint density at radius 2 is 2.12 bits per heavy atom. The summed E-state index contributed by atoms with van der Waals surface area (Å²) in [5.74, 6) is -1.38. The van der Waals surface area contributed by atoms with E-state index in [-0.39, 0.29) is 25.0 Å². The van der Waals surface area contributed by atoms with Crippen LogP contribution in [-0.4, -0.2) is 42.8 Å². The lowest BCUT2D eigenvalue weighted by Gasteiger charge is -2.13. The van der Waals surface area contributed by atoms with Crippen LogP contribution in [0.2, 0.25) is 0 Å². The average Bonchev–Trinajstić information content (AvgIpc) is 2.16. The first kappa shape index (κ1) is 14.9. The van der Waals surface area contributed by atoms with Crippen LogP contribution in [0.5, 0.6) is 0 Å². The summed E-state index contributed by atoms with van der Waals surface area (Å²) in [7, 11) is 1.39. The molecule has 0 aliphatic carbocycles. The minimum absolute atomic E-state index is 0.0334. The molecule has 2 atom stereocenters. The van der Waals surface area contributed by atoms with Crippen LogP contribution in [0, 0.1) is 0 Å². The molecule has 0 saturated heterocycles. The maximum Gasteiger partial charge on any atom is 0.328 e. The molecule has 0 aromatic heterocycles. The number of methoxy groups -OCH3 is 1. The van der Waals surface area contributed by atoms with Gasteiger partial charge in [-0.1, -0.05) is 0 Å². The molecule has 94 valence electrons. The summed E-state index contributed by atoms with van der Waals surface area (Å²) in [4.78, 5) is 22.0. The molecule has 0 rings (SSSR count). The molecular weight excluding hydrogens is 212 g/mol. The van der Waals surface area contributed by atoms with Gasteiger partial charge in [-0.05, 0) is 19.8 Å². The van der Waals surface area contributed by atoms with E-state index in [9.17, 15) is 9.59 Å². The van der Waals surface area contributed by atoms with Gasteiger partial charge in [0.05, 0.1) is 6.61 Å². The van der Waals surface area contributed by atoms with E-state index >= 15 is 0 Å². The van der Waals surface area contributed by atoms with E-state index in [2.05, 4.69) is 5.32 Å². The summed E-state index contributed by atoms with van der Waals surface area (Å²) in [6.45, 7) is 1.83. The number of nitrogens with one attached hydrogen (secondary N) is 1. The van der Waals surface area contributed by atoms with Crippen molar-refractivity contribution in [2.75, 3.05) is 13.7 Å². The molecule has 0 spiro atoms. The van der Waals surface area contributed by atoms with Gasteiger partial charge in [0.2, 0.25) is 5.91 Å². The molecule has 6 heteroatoms. The van der Waals surface area contributed by atoms with Gasteiger partial charge in [-0.2, -0.15) is 0 Å². The van der Waals surface area contributed by atoms with Crippen LogP contribution >= 0.6 is 0 Å². The zero-order valence-electron chi connectivity index (χ0n) is 9.73. The number of carbonyl (C=O) groups is 2. The maximum absolute atomic E-state index is 11.3. The van der Waals surface area contributed by atoms with Crippen LogP contribution in [0.4, 0.5) is 0 Å². The van der Waals surface area contributed by atoms with Crippen molar-refractivity contribution in [2.24, 2.45) is 5.73 Å². The Morgan fingerprint density at radius 3 is 2.56 bits per heavy atom. The van der Waals surface area contributed by atoms with Crippen molar-refractivity contribution < 1.29 is 19.4 Å². The minimum Gasteiger partial charge on any atom is -0.480 e. The Hall–Kier alpha value is -1.14. The minimum atomic E-state index is -1.10. The third-order valence-corrected chi connectivity index (χ3v) is 2.03. The van der Waals surface area contributed by atoms with Gasteiger partial charge in [-0.3, -0.25) is 4.79 Å². The third kappa shape index (κ3) is 7.19. The summed E-state index contributed by atoms with van der Waals surface area (Å²) >= 11 is 0. The Kier molecular flexibility index (Phi) is 7.49. The molecule has 0 aromatic rings. The van der Waals surface area contributed by atoms with Crippen LogP contribution in [0.3, 0.4) is 0 Å². The molecule has 2 unspecified atom stereocenters. The summed E-state index contributed by atoms with van der Waals surface area (Å²) in [5.41, 5.74) is 5.53. The number of carboxylic acid groups (broad SMARTS) is 1. The Labute approximate surface area is 95.1 Å². The van der Waals surface area contributed by atoms with Crippen LogP contribution in [0.15, 0.2) is 0 Å². The zero-order chi connectivity index (χ0) is 12.6. The second kappa shape index (κ2) is 8.06. The van der Waals surface area contributed by atoms with Gasteiger partial charge in [0, 0.05) is 19.6 Å². The van der Waals surface area contributed by atoms with Gasteiger partial charge in [-0.15, -0.1) is 0 Å². The molecule has 0 aliphatic heterocycles. The molecular formula is C10H20N2O4. The predicted molar refractivity (Wildman–Crippen MR) is 58.9 cm³/mol. The number of aliphatic carboxylic acids is 1. The SMILES string of the molecule is COCC(NC(=O)CCCC(C)N)C(=O)O. The zero-order valence-corrected chi connectivity index (χ0v) is 9.73. The van der Waals surface area contributed by atoms with Crippen LogP contribution in [-0.2, 0) is 14.3 Å². The highest BCUT2D eigenvalue weighted by Gasteiger charge is 2.19. The number of hydrogen-bond acceptors (Lipinski definition) is 4. The Bertz CT molecular complexity index is 231. The highest BCUT2D eigenvalue weighted by molar-refractivity contribution is 5.83. The van der Waals surface area contributed by atoms with E-state index in [4.69, 9.17) is 15.6 Å². The summed E-state index contributed by atoms with van der Waals surface area (Å²) in [6.07, 6.45) is 1.69. The lowest BCUT2D eigenvalue weighted by molar-refractivity contribution is -0.143. The highest BCUT2D eigenvalue weighted by Crippen LogP contribution is 1.99. The molecule has 0 radical (unpaired) electrons. The molecule has 0 aliphatic rings. The third-order valence-electron chi connectivity index (χ3n) is 2.03. The van der Waals surface area contributed by atoms with E-state index < -0.39 is 12.0 Å². The van der Waals surface area contributed by atoms with E-state index in [0.717, 1.165) is 6.42 Å². The molecule has 0 fully saturated rings. The molecule has 0 bridgehead atoms. The number of carboxylic acids is 1. The maximum atomic E-state index is 11.3. The van der Waals surface area contributed by atoms with Crippen molar-refractivity contribution in [3.05, 3.63) is 0 Å². The van der Waals surface area contributed by atoms with E-state index in [1.165, 1.54) is 7.11 Å².